The minimum atomic E-state index is -0.392. The molecule has 1 aliphatic rings. The lowest BCUT2D eigenvalue weighted by Gasteiger charge is -2.47. The molecule has 0 amide bonds. The molecule has 0 spiro atoms. The van der Waals surface area contributed by atoms with Crippen molar-refractivity contribution in [3.8, 4) is 5.75 Å². The molecule has 1 saturated heterocycles. The first-order valence-electron chi connectivity index (χ1n) is 13.8. The molecule has 0 radical (unpaired) electrons. The highest BCUT2D eigenvalue weighted by atomic mass is 16.5. The Morgan fingerprint density at radius 3 is 2.42 bits per heavy atom. The van der Waals surface area contributed by atoms with Crippen LogP contribution < -0.4 is 5.32 Å². The van der Waals surface area contributed by atoms with Crippen LogP contribution in [-0.2, 0) is 22.7 Å². The van der Waals surface area contributed by atoms with E-state index in [0.717, 1.165) is 30.0 Å². The van der Waals surface area contributed by atoms with Gasteiger partial charge >= 0.3 is 5.97 Å². The summed E-state index contributed by atoms with van der Waals surface area (Å²) in [6.45, 7) is 8.49. The predicted octanol–water partition coefficient (Wildman–Crippen LogP) is 3.50. The first-order chi connectivity index (χ1) is 19.3. The fourth-order valence-corrected chi connectivity index (χ4v) is 5.34. The molecule has 3 aromatic rings. The Kier molecular flexibility index (Phi) is 10.1. The average Bonchev–Trinajstić information content (AvgIpc) is 3.39. The summed E-state index contributed by atoms with van der Waals surface area (Å²) in [5.74, 6) is 1.06. The maximum atomic E-state index is 13.0. The summed E-state index contributed by atoms with van der Waals surface area (Å²) >= 11 is 0. The normalized spacial score (nSPS) is 18.9. The van der Waals surface area contributed by atoms with Crippen molar-refractivity contribution in [3.05, 3.63) is 88.9 Å². The van der Waals surface area contributed by atoms with Crippen LogP contribution in [0.15, 0.2) is 65.1 Å². The fourth-order valence-electron chi connectivity index (χ4n) is 5.34. The summed E-state index contributed by atoms with van der Waals surface area (Å²) in [6, 6.07) is 18.8. The van der Waals surface area contributed by atoms with Crippen LogP contribution in [0.5, 0.6) is 5.75 Å². The fraction of sp³-hybridized carbons (Fsp3) is 0.419. The van der Waals surface area contributed by atoms with Crippen LogP contribution in [-0.4, -0.2) is 76.6 Å². The zero-order valence-corrected chi connectivity index (χ0v) is 23.4. The number of carbonyl (C=O) groups is 2. The van der Waals surface area contributed by atoms with Crippen LogP contribution >= 0.6 is 0 Å². The number of carbonyl (C=O) groups excluding carboxylic acids is 2. The third kappa shape index (κ3) is 7.37. The largest absolute Gasteiger partial charge is 0.508 e. The van der Waals surface area contributed by atoms with Gasteiger partial charge in [-0.3, -0.25) is 24.7 Å². The van der Waals surface area contributed by atoms with Crippen LogP contribution in [0.25, 0.3) is 0 Å². The van der Waals surface area contributed by atoms with Gasteiger partial charge in [0, 0.05) is 30.7 Å². The molecule has 1 fully saturated rings. The van der Waals surface area contributed by atoms with E-state index in [1.165, 1.54) is 0 Å². The van der Waals surface area contributed by atoms with E-state index in [9.17, 15) is 19.8 Å². The molecule has 3 N–H and O–H groups in total. The van der Waals surface area contributed by atoms with Gasteiger partial charge in [0.2, 0.25) is 0 Å². The van der Waals surface area contributed by atoms with Crippen LogP contribution in [0, 0.1) is 0 Å². The summed E-state index contributed by atoms with van der Waals surface area (Å²) in [6.07, 6.45) is 0. The van der Waals surface area contributed by atoms with E-state index in [1.54, 1.807) is 31.2 Å². The number of benzene rings is 2. The highest BCUT2D eigenvalue weighted by Crippen LogP contribution is 2.35. The third-order valence-electron chi connectivity index (χ3n) is 7.30. The number of aromatic hydroxyl groups is 1. The van der Waals surface area contributed by atoms with Gasteiger partial charge in [-0.25, -0.2) is 0 Å². The number of aliphatic hydroxyl groups is 1. The minimum Gasteiger partial charge on any atom is -0.508 e. The maximum absolute atomic E-state index is 13.0. The van der Waals surface area contributed by atoms with Crippen molar-refractivity contribution in [2.45, 2.75) is 52.0 Å². The molecule has 0 unspecified atom stereocenters. The number of rotatable bonds is 12. The molecule has 214 valence electrons. The number of nitrogens with one attached hydrogen (secondary N) is 1. The third-order valence-corrected chi connectivity index (χ3v) is 7.30. The van der Waals surface area contributed by atoms with Crippen molar-refractivity contribution >= 4 is 11.8 Å². The van der Waals surface area contributed by atoms with Gasteiger partial charge in [-0.2, -0.15) is 0 Å². The van der Waals surface area contributed by atoms with E-state index < -0.39 is 5.97 Å². The number of phenols is 1. The summed E-state index contributed by atoms with van der Waals surface area (Å²) in [4.78, 5) is 29.4. The highest BCUT2D eigenvalue weighted by Gasteiger charge is 2.35. The van der Waals surface area contributed by atoms with Crippen LogP contribution in [0.3, 0.4) is 0 Å². The molecular weight excluding hydrogens is 510 g/mol. The number of ketones is 1. The van der Waals surface area contributed by atoms with Crippen molar-refractivity contribution in [1.29, 1.82) is 0 Å². The van der Waals surface area contributed by atoms with Gasteiger partial charge in [-0.1, -0.05) is 30.3 Å². The quantitative estimate of drug-likeness (QED) is 0.231. The van der Waals surface area contributed by atoms with E-state index in [-0.39, 0.29) is 49.4 Å². The Hall–Kier alpha value is -3.50. The molecule has 3 atom stereocenters. The highest BCUT2D eigenvalue weighted by molar-refractivity contribution is 5.98. The molecule has 1 aromatic heterocycles. The molecule has 2 heterocycles. The molecular formula is C31H39N3O6. The molecule has 0 saturated carbocycles. The number of hydrogen-bond acceptors (Lipinski definition) is 9. The van der Waals surface area contributed by atoms with Crippen molar-refractivity contribution < 1.29 is 29.0 Å². The summed E-state index contributed by atoms with van der Waals surface area (Å²) in [5, 5.41) is 22.5. The SMILES string of the molecule is CCOC(=O)CNCC(=O)c1cccc([C@H](c2cccc(O)c2)N2C[C@@H](C)N(Cc3ccc(CO)o3)C[C@@H]2C)c1. The van der Waals surface area contributed by atoms with Gasteiger partial charge in [0.1, 0.15) is 23.9 Å². The van der Waals surface area contributed by atoms with Crippen molar-refractivity contribution in [2.75, 3.05) is 32.8 Å². The number of ether oxygens (including phenoxy) is 1. The second-order valence-electron chi connectivity index (χ2n) is 10.3. The molecule has 0 bridgehead atoms. The molecule has 4 rings (SSSR count). The first-order valence-corrected chi connectivity index (χ1v) is 13.8. The summed E-state index contributed by atoms with van der Waals surface area (Å²) in [5.41, 5.74) is 2.44. The number of aliphatic hydroxyl groups excluding tert-OH is 1. The Balaban J connectivity index is 1.55. The lowest BCUT2D eigenvalue weighted by Crippen LogP contribution is -2.56. The Labute approximate surface area is 235 Å². The summed E-state index contributed by atoms with van der Waals surface area (Å²) < 4.78 is 10.7. The molecule has 0 aliphatic carbocycles. The number of phenolic OH excluding ortho intramolecular Hbond substituents is 1. The number of hydrogen-bond donors (Lipinski definition) is 3. The van der Waals surface area contributed by atoms with Crippen LogP contribution in [0.2, 0.25) is 0 Å². The predicted molar refractivity (Wildman–Crippen MR) is 151 cm³/mol. The monoisotopic (exact) mass is 549 g/mol. The number of piperazine rings is 1. The molecule has 1 aliphatic heterocycles. The molecule has 2 aromatic carbocycles. The lowest BCUT2D eigenvalue weighted by molar-refractivity contribution is -0.141. The van der Waals surface area contributed by atoms with Crippen molar-refractivity contribution in [1.82, 2.24) is 15.1 Å². The van der Waals surface area contributed by atoms with Gasteiger partial charge in [0.15, 0.2) is 5.78 Å². The number of esters is 1. The molecule has 9 heteroatoms. The van der Waals surface area contributed by atoms with E-state index >= 15 is 0 Å². The maximum Gasteiger partial charge on any atom is 0.319 e. The Morgan fingerprint density at radius 2 is 1.73 bits per heavy atom. The summed E-state index contributed by atoms with van der Waals surface area (Å²) in [7, 11) is 0. The van der Waals surface area contributed by atoms with Crippen molar-refractivity contribution in [3.63, 3.8) is 0 Å². The zero-order valence-electron chi connectivity index (χ0n) is 23.4. The first kappa shape index (κ1) is 29.5. The Morgan fingerprint density at radius 1 is 1.00 bits per heavy atom. The van der Waals surface area contributed by atoms with E-state index in [0.29, 0.717) is 24.5 Å². The van der Waals surface area contributed by atoms with Gasteiger partial charge in [-0.15, -0.1) is 0 Å². The minimum absolute atomic E-state index is 0.0236. The standard InChI is InChI=1S/C31H39N3O6/c1-4-39-30(38)16-32-15-29(37)23-7-5-8-24(13-23)31(25-9-6-10-26(36)14-25)34-18-21(2)33(17-22(34)3)19-27-11-12-28(20-35)40-27/h5-14,21-22,31-32,35-36H,4,15-20H2,1-3H3/t21-,22+,31-/m1/s1. The van der Waals surface area contributed by atoms with Crippen molar-refractivity contribution in [2.24, 2.45) is 0 Å². The number of Topliss-reactive ketones (excluding diaryl/α,β-unsaturated/α-hetero) is 1. The van der Waals surface area contributed by atoms with Crippen LogP contribution in [0.4, 0.5) is 0 Å². The van der Waals surface area contributed by atoms with E-state index in [4.69, 9.17) is 9.15 Å². The van der Waals surface area contributed by atoms with E-state index in [2.05, 4.69) is 29.0 Å². The second kappa shape index (κ2) is 13.7. The molecule has 9 nitrogen and oxygen atoms in total. The van der Waals surface area contributed by atoms with E-state index in [1.807, 2.05) is 36.4 Å². The number of nitrogens with zero attached hydrogens (tertiary/aromatic N) is 2. The Bertz CT molecular complexity index is 1290. The van der Waals surface area contributed by atoms with Gasteiger partial charge in [-0.05, 0) is 62.2 Å². The average molecular weight is 550 g/mol. The lowest BCUT2D eigenvalue weighted by atomic mass is 9.92. The zero-order chi connectivity index (χ0) is 28.6. The molecule has 40 heavy (non-hydrogen) atoms. The van der Waals surface area contributed by atoms with Gasteiger partial charge in [0.05, 0.1) is 32.3 Å². The van der Waals surface area contributed by atoms with Crippen LogP contribution in [0.1, 0.15) is 59.8 Å². The van der Waals surface area contributed by atoms with Gasteiger partial charge < -0.3 is 19.4 Å². The number of furan rings is 1. The van der Waals surface area contributed by atoms with Gasteiger partial charge in [0.25, 0.3) is 0 Å². The topological polar surface area (TPSA) is 115 Å². The second-order valence-corrected chi connectivity index (χ2v) is 10.3. The smallest absolute Gasteiger partial charge is 0.319 e.